The molecule has 1 aliphatic carbocycles. The van der Waals surface area contributed by atoms with Crippen LogP contribution in [-0.2, 0) is 24.7 Å². The number of hydrogen-bond donors (Lipinski definition) is 1. The summed E-state index contributed by atoms with van der Waals surface area (Å²) in [7, 11) is 1.89. The number of rotatable bonds is 3. The van der Waals surface area contributed by atoms with Crippen molar-refractivity contribution in [3.63, 3.8) is 0 Å². The Balaban J connectivity index is 2.04. The standard InChI is InChI=1S/C13H15N3O2S/c1-3-9-8(6-16(2)15-9)12-14-11-7(13(17)18)4-5-10(11)19-12/h6-7H,3-5H2,1-2H3,(H,17,18). The number of aryl methyl sites for hydroxylation is 3. The molecule has 1 atom stereocenters. The highest BCUT2D eigenvalue weighted by Gasteiger charge is 2.32. The molecule has 0 aliphatic heterocycles. The molecule has 0 amide bonds. The van der Waals surface area contributed by atoms with E-state index in [0.717, 1.165) is 39.7 Å². The van der Waals surface area contributed by atoms with Gasteiger partial charge in [0.15, 0.2) is 0 Å². The van der Waals surface area contributed by atoms with Gasteiger partial charge < -0.3 is 5.11 Å². The molecule has 1 N–H and O–H groups in total. The molecule has 0 spiro atoms. The number of carboxylic acid groups (broad SMARTS) is 1. The zero-order valence-electron chi connectivity index (χ0n) is 10.9. The van der Waals surface area contributed by atoms with Crippen molar-refractivity contribution in [2.24, 2.45) is 7.05 Å². The fourth-order valence-electron chi connectivity index (χ4n) is 2.56. The molecule has 0 saturated heterocycles. The van der Waals surface area contributed by atoms with E-state index in [1.165, 1.54) is 0 Å². The van der Waals surface area contributed by atoms with E-state index in [-0.39, 0.29) is 0 Å². The highest BCUT2D eigenvalue weighted by molar-refractivity contribution is 7.15. The minimum Gasteiger partial charge on any atom is -0.481 e. The van der Waals surface area contributed by atoms with Crippen LogP contribution in [0.2, 0.25) is 0 Å². The zero-order chi connectivity index (χ0) is 13.6. The Morgan fingerprint density at radius 2 is 2.42 bits per heavy atom. The molecule has 0 radical (unpaired) electrons. The van der Waals surface area contributed by atoms with Gasteiger partial charge in [-0.3, -0.25) is 9.48 Å². The molecule has 19 heavy (non-hydrogen) atoms. The average Bonchev–Trinajstić information content (AvgIpc) is 2.99. The highest BCUT2D eigenvalue weighted by Crippen LogP contribution is 2.40. The molecule has 100 valence electrons. The van der Waals surface area contributed by atoms with Gasteiger partial charge in [-0.1, -0.05) is 6.92 Å². The van der Waals surface area contributed by atoms with Crippen molar-refractivity contribution < 1.29 is 9.90 Å². The van der Waals surface area contributed by atoms with Gasteiger partial charge in [0.25, 0.3) is 0 Å². The molecule has 0 aromatic carbocycles. The fourth-order valence-corrected chi connectivity index (χ4v) is 3.73. The predicted octanol–water partition coefficient (Wildman–Crippen LogP) is 2.22. The van der Waals surface area contributed by atoms with E-state index in [2.05, 4.69) is 17.0 Å². The number of carboxylic acids is 1. The summed E-state index contributed by atoms with van der Waals surface area (Å²) in [6.45, 7) is 2.06. The lowest BCUT2D eigenvalue weighted by Gasteiger charge is -2.01. The van der Waals surface area contributed by atoms with Gasteiger partial charge in [-0.15, -0.1) is 11.3 Å². The number of aromatic nitrogens is 3. The quantitative estimate of drug-likeness (QED) is 0.934. The summed E-state index contributed by atoms with van der Waals surface area (Å²) >= 11 is 1.61. The molecule has 1 aliphatic rings. The van der Waals surface area contributed by atoms with Crippen LogP contribution >= 0.6 is 11.3 Å². The molecule has 2 heterocycles. The average molecular weight is 277 g/mol. The van der Waals surface area contributed by atoms with Crippen LogP contribution in [0.5, 0.6) is 0 Å². The van der Waals surface area contributed by atoms with E-state index in [9.17, 15) is 9.90 Å². The largest absolute Gasteiger partial charge is 0.481 e. The molecular weight excluding hydrogens is 262 g/mol. The van der Waals surface area contributed by atoms with Gasteiger partial charge in [0, 0.05) is 18.1 Å². The van der Waals surface area contributed by atoms with Crippen LogP contribution < -0.4 is 0 Å². The van der Waals surface area contributed by atoms with Gasteiger partial charge in [-0.25, -0.2) is 4.98 Å². The smallest absolute Gasteiger partial charge is 0.312 e. The molecular formula is C13H15N3O2S. The Morgan fingerprint density at radius 3 is 3.11 bits per heavy atom. The molecule has 1 unspecified atom stereocenters. The first-order valence-electron chi connectivity index (χ1n) is 6.35. The maximum atomic E-state index is 11.2. The van der Waals surface area contributed by atoms with E-state index < -0.39 is 11.9 Å². The summed E-state index contributed by atoms with van der Waals surface area (Å²) in [5, 5.41) is 14.5. The minimum absolute atomic E-state index is 0.429. The maximum absolute atomic E-state index is 11.2. The SMILES string of the molecule is CCc1nn(C)cc1-c1nc2c(s1)CCC2C(=O)O. The number of hydrogen-bond acceptors (Lipinski definition) is 4. The summed E-state index contributed by atoms with van der Waals surface area (Å²) in [5.41, 5.74) is 2.81. The van der Waals surface area contributed by atoms with Crippen molar-refractivity contribution >= 4 is 17.3 Å². The van der Waals surface area contributed by atoms with E-state index in [4.69, 9.17) is 0 Å². The van der Waals surface area contributed by atoms with Crippen molar-refractivity contribution in [3.8, 4) is 10.6 Å². The first kappa shape index (κ1) is 12.3. The zero-order valence-corrected chi connectivity index (χ0v) is 11.7. The molecule has 3 rings (SSSR count). The first-order chi connectivity index (χ1) is 9.10. The Kier molecular flexibility index (Phi) is 2.89. The van der Waals surface area contributed by atoms with Crippen molar-refractivity contribution in [3.05, 3.63) is 22.5 Å². The third-order valence-electron chi connectivity index (χ3n) is 3.49. The number of carbonyl (C=O) groups is 1. The van der Waals surface area contributed by atoms with Crippen LogP contribution in [0.3, 0.4) is 0 Å². The van der Waals surface area contributed by atoms with E-state index in [1.54, 1.807) is 16.0 Å². The third-order valence-corrected chi connectivity index (χ3v) is 4.65. The van der Waals surface area contributed by atoms with Crippen molar-refractivity contribution in [2.45, 2.75) is 32.1 Å². The Labute approximate surface area is 114 Å². The van der Waals surface area contributed by atoms with Gasteiger partial charge in [0.1, 0.15) is 10.9 Å². The minimum atomic E-state index is -0.766. The molecule has 2 aromatic heterocycles. The molecule has 0 bridgehead atoms. The van der Waals surface area contributed by atoms with Crippen LogP contribution in [-0.4, -0.2) is 25.8 Å². The lowest BCUT2D eigenvalue weighted by molar-refractivity contribution is -0.138. The molecule has 0 saturated carbocycles. The monoisotopic (exact) mass is 277 g/mol. The van der Waals surface area contributed by atoms with Gasteiger partial charge in [-0.2, -0.15) is 5.10 Å². The third kappa shape index (κ3) is 1.96. The van der Waals surface area contributed by atoms with Gasteiger partial charge in [-0.05, 0) is 19.3 Å². The normalized spacial score (nSPS) is 17.7. The van der Waals surface area contributed by atoms with Gasteiger partial charge in [0.05, 0.1) is 17.0 Å². The number of fused-ring (bicyclic) bond motifs is 1. The highest BCUT2D eigenvalue weighted by atomic mass is 32.1. The first-order valence-corrected chi connectivity index (χ1v) is 7.17. The maximum Gasteiger partial charge on any atom is 0.312 e. The second-order valence-electron chi connectivity index (χ2n) is 4.77. The van der Waals surface area contributed by atoms with Crippen LogP contribution in [0.25, 0.3) is 10.6 Å². The summed E-state index contributed by atoms with van der Waals surface area (Å²) in [6.07, 6.45) is 4.31. The van der Waals surface area contributed by atoms with Crippen LogP contribution in [0.1, 0.15) is 35.5 Å². The van der Waals surface area contributed by atoms with Gasteiger partial charge in [0.2, 0.25) is 0 Å². The lowest BCUT2D eigenvalue weighted by Crippen LogP contribution is -2.08. The second-order valence-corrected chi connectivity index (χ2v) is 5.86. The fraction of sp³-hybridized carbons (Fsp3) is 0.462. The molecule has 0 fully saturated rings. The van der Waals surface area contributed by atoms with Crippen LogP contribution in [0.4, 0.5) is 0 Å². The number of thiazole rings is 1. The van der Waals surface area contributed by atoms with E-state index >= 15 is 0 Å². The Bertz CT molecular complexity index is 644. The number of nitrogens with zero attached hydrogens (tertiary/aromatic N) is 3. The number of aliphatic carboxylic acids is 1. The van der Waals surface area contributed by atoms with E-state index in [1.807, 2.05) is 13.2 Å². The van der Waals surface area contributed by atoms with Crippen molar-refractivity contribution in [1.82, 2.24) is 14.8 Å². The molecule has 6 heteroatoms. The summed E-state index contributed by atoms with van der Waals surface area (Å²) in [6, 6.07) is 0. The summed E-state index contributed by atoms with van der Waals surface area (Å²) in [4.78, 5) is 16.9. The molecule has 5 nitrogen and oxygen atoms in total. The van der Waals surface area contributed by atoms with Gasteiger partial charge >= 0.3 is 5.97 Å². The van der Waals surface area contributed by atoms with Crippen molar-refractivity contribution in [1.29, 1.82) is 0 Å². The predicted molar refractivity (Wildman–Crippen MR) is 72.4 cm³/mol. The Hall–Kier alpha value is -1.69. The summed E-state index contributed by atoms with van der Waals surface area (Å²) < 4.78 is 1.79. The Morgan fingerprint density at radius 1 is 1.63 bits per heavy atom. The summed E-state index contributed by atoms with van der Waals surface area (Å²) in [5.74, 6) is -1.20. The lowest BCUT2D eigenvalue weighted by atomic mass is 10.1. The van der Waals surface area contributed by atoms with E-state index in [0.29, 0.717) is 6.42 Å². The van der Waals surface area contributed by atoms with Crippen molar-refractivity contribution in [2.75, 3.05) is 0 Å². The molecule has 2 aromatic rings. The van der Waals surface area contributed by atoms with Crippen LogP contribution in [0, 0.1) is 0 Å². The van der Waals surface area contributed by atoms with Crippen LogP contribution in [0.15, 0.2) is 6.20 Å². The second kappa shape index (κ2) is 4.45. The topological polar surface area (TPSA) is 68.0 Å².